The highest BCUT2D eigenvalue weighted by Gasteiger charge is 2.47. The average molecular weight is 1110 g/mol. The summed E-state index contributed by atoms with van der Waals surface area (Å²) in [6.07, 6.45) is 55.3. The van der Waals surface area contributed by atoms with Crippen LogP contribution < -0.4 is 5.32 Å². The fraction of sp³-hybridized carbons (Fsp3) is 0.910. The Morgan fingerprint density at radius 2 is 0.846 bits per heavy atom. The number of esters is 1. The first-order chi connectivity index (χ1) is 38.2. The van der Waals surface area contributed by atoms with Crippen LogP contribution in [0.3, 0.4) is 0 Å². The summed E-state index contributed by atoms with van der Waals surface area (Å²) in [4.78, 5) is 26.5. The number of allylic oxidation sites excluding steroid dienone is 3. The third-order valence-electron chi connectivity index (χ3n) is 16.1. The highest BCUT2D eigenvalue weighted by atomic mass is 16.7. The first kappa shape index (κ1) is 74.2. The van der Waals surface area contributed by atoms with Gasteiger partial charge in [-0.2, -0.15) is 0 Å². The first-order valence-corrected chi connectivity index (χ1v) is 33.6. The summed E-state index contributed by atoms with van der Waals surface area (Å²) in [6, 6.07) is -1.02. The first-order valence-electron chi connectivity index (χ1n) is 33.6. The molecular formula is C67H127NO10. The van der Waals surface area contributed by atoms with Crippen molar-refractivity contribution in [2.45, 2.75) is 378 Å². The molecule has 1 rings (SSSR count). The second-order valence-electron chi connectivity index (χ2n) is 23.6. The Hall–Kier alpha value is -1.86. The maximum absolute atomic E-state index is 13.4. The molecular weight excluding hydrogens is 979 g/mol. The second-order valence-corrected chi connectivity index (χ2v) is 23.6. The molecule has 6 N–H and O–H groups in total. The van der Waals surface area contributed by atoms with E-state index in [4.69, 9.17) is 14.2 Å². The van der Waals surface area contributed by atoms with Gasteiger partial charge in [0.25, 0.3) is 0 Å². The van der Waals surface area contributed by atoms with Crippen molar-refractivity contribution >= 4 is 11.9 Å². The molecule has 11 heteroatoms. The molecule has 0 saturated carbocycles. The second kappa shape index (κ2) is 55.7. The van der Waals surface area contributed by atoms with Gasteiger partial charge in [-0.15, -0.1) is 0 Å². The maximum Gasteiger partial charge on any atom is 0.306 e. The molecule has 1 amide bonds. The van der Waals surface area contributed by atoms with E-state index in [9.17, 15) is 35.1 Å². The van der Waals surface area contributed by atoms with Crippen LogP contribution in [0.2, 0.25) is 0 Å². The number of aliphatic hydroxyl groups excluding tert-OH is 5. The lowest BCUT2D eigenvalue weighted by atomic mass is 9.99. The number of aliphatic hydroxyl groups is 5. The van der Waals surface area contributed by atoms with Gasteiger partial charge in [0.1, 0.15) is 24.4 Å². The van der Waals surface area contributed by atoms with Crippen molar-refractivity contribution in [3.05, 3.63) is 24.3 Å². The number of amides is 1. The van der Waals surface area contributed by atoms with Crippen LogP contribution >= 0.6 is 0 Å². The van der Waals surface area contributed by atoms with Gasteiger partial charge >= 0.3 is 5.97 Å². The summed E-state index contributed by atoms with van der Waals surface area (Å²) in [5.74, 6) is -1.18. The highest BCUT2D eigenvalue weighted by molar-refractivity contribution is 5.80. The summed E-state index contributed by atoms with van der Waals surface area (Å²) in [5.41, 5.74) is 0. The molecule has 78 heavy (non-hydrogen) atoms. The Morgan fingerprint density at radius 3 is 1.24 bits per heavy atom. The largest absolute Gasteiger partial charge is 0.454 e. The smallest absolute Gasteiger partial charge is 0.306 e. The Bertz CT molecular complexity index is 1360. The van der Waals surface area contributed by atoms with Crippen molar-refractivity contribution in [1.82, 2.24) is 5.32 Å². The summed E-state index contributed by atoms with van der Waals surface area (Å²) in [6.45, 7) is 5.80. The van der Waals surface area contributed by atoms with Gasteiger partial charge in [-0.25, -0.2) is 0 Å². The van der Waals surface area contributed by atoms with Crippen LogP contribution in [0, 0.1) is 0 Å². The molecule has 1 saturated heterocycles. The Morgan fingerprint density at radius 1 is 0.487 bits per heavy atom. The van der Waals surface area contributed by atoms with Crippen LogP contribution in [0.4, 0.5) is 0 Å². The van der Waals surface area contributed by atoms with E-state index in [1.54, 1.807) is 6.08 Å². The number of ether oxygens (including phenoxy) is 3. The SMILES string of the molecule is CCCCCCCC/C=C/CCCCCCCCCCCCCCCCCCCC(=O)OC1C(OCC(NC(=O)C(O)CCCCCCCCCCCC)C(O)/C=C/CCCCCCCCCCCC)OC(CO)C(O)C1O. The zero-order chi connectivity index (χ0) is 56.8. The van der Waals surface area contributed by atoms with E-state index in [1.165, 1.54) is 225 Å². The molecule has 0 bridgehead atoms. The Kier molecular flexibility index (Phi) is 52.9. The van der Waals surface area contributed by atoms with Crippen molar-refractivity contribution in [3.8, 4) is 0 Å². The lowest BCUT2D eigenvalue weighted by Gasteiger charge is -2.41. The van der Waals surface area contributed by atoms with Gasteiger partial charge in [0.15, 0.2) is 12.4 Å². The predicted molar refractivity (Wildman–Crippen MR) is 324 cm³/mol. The monoisotopic (exact) mass is 1110 g/mol. The topological polar surface area (TPSA) is 175 Å². The molecule has 1 heterocycles. The molecule has 11 nitrogen and oxygen atoms in total. The zero-order valence-electron chi connectivity index (χ0n) is 51.1. The maximum atomic E-state index is 13.4. The van der Waals surface area contributed by atoms with Gasteiger partial charge in [0, 0.05) is 6.42 Å². The highest BCUT2D eigenvalue weighted by Crippen LogP contribution is 2.26. The van der Waals surface area contributed by atoms with Gasteiger partial charge in [0.2, 0.25) is 5.91 Å². The number of carbonyl (C=O) groups excluding carboxylic acids is 2. The number of nitrogens with one attached hydrogen (secondary N) is 1. The van der Waals surface area contributed by atoms with Crippen LogP contribution in [-0.4, -0.2) is 99.6 Å². The number of rotatable bonds is 58. The molecule has 1 aliphatic rings. The van der Waals surface area contributed by atoms with Crippen molar-refractivity contribution in [2.75, 3.05) is 13.2 Å². The fourth-order valence-electron chi connectivity index (χ4n) is 10.8. The minimum Gasteiger partial charge on any atom is -0.454 e. The summed E-state index contributed by atoms with van der Waals surface area (Å²) >= 11 is 0. The van der Waals surface area contributed by atoms with Gasteiger partial charge in [-0.05, 0) is 51.4 Å². The molecule has 0 aliphatic carbocycles. The molecule has 1 aliphatic heterocycles. The predicted octanol–water partition coefficient (Wildman–Crippen LogP) is 16.5. The van der Waals surface area contributed by atoms with E-state index in [0.717, 1.165) is 57.8 Å². The van der Waals surface area contributed by atoms with Crippen molar-refractivity contribution in [1.29, 1.82) is 0 Å². The van der Waals surface area contributed by atoms with Crippen molar-refractivity contribution < 1.29 is 49.3 Å². The fourth-order valence-corrected chi connectivity index (χ4v) is 10.8. The minimum absolute atomic E-state index is 0.130. The molecule has 8 unspecified atom stereocenters. The Labute approximate surface area is 480 Å². The summed E-state index contributed by atoms with van der Waals surface area (Å²) in [5, 5.41) is 56.9. The number of carbonyl (C=O) groups is 2. The van der Waals surface area contributed by atoms with Crippen LogP contribution in [0.5, 0.6) is 0 Å². The molecule has 0 aromatic heterocycles. The van der Waals surface area contributed by atoms with Crippen LogP contribution in [0.25, 0.3) is 0 Å². The van der Waals surface area contributed by atoms with E-state index in [1.807, 2.05) is 6.08 Å². The quantitative estimate of drug-likeness (QED) is 0.0195. The molecule has 1 fully saturated rings. The molecule has 0 aromatic rings. The van der Waals surface area contributed by atoms with Crippen molar-refractivity contribution in [3.63, 3.8) is 0 Å². The van der Waals surface area contributed by atoms with E-state index in [2.05, 4.69) is 38.2 Å². The molecule has 460 valence electrons. The van der Waals surface area contributed by atoms with E-state index in [-0.39, 0.29) is 13.0 Å². The van der Waals surface area contributed by atoms with Gasteiger partial charge in [-0.3, -0.25) is 9.59 Å². The lowest BCUT2D eigenvalue weighted by molar-refractivity contribution is -0.305. The summed E-state index contributed by atoms with van der Waals surface area (Å²) in [7, 11) is 0. The normalized spacial score (nSPS) is 19.0. The standard InChI is InChI=1S/C67H127NO10/c1-4-7-10-13-16-19-22-24-25-26-27-28-29-30-31-32-33-34-35-36-37-38-40-43-46-49-52-55-62(72)78-65-64(74)63(73)61(56-69)77-67(65)76-57-58(59(70)53-50-47-44-42-39-23-20-17-14-11-8-5-2)68-66(75)60(71)54-51-48-45-41-21-18-15-12-9-6-3/h24-25,50,53,58-61,63-65,67,69-71,73-74H,4-23,26-49,51-52,54-57H2,1-3H3,(H,68,75)/b25-24+,53-50+. The van der Waals surface area contributed by atoms with E-state index in [0.29, 0.717) is 19.3 Å². The van der Waals surface area contributed by atoms with Crippen LogP contribution in [0.15, 0.2) is 24.3 Å². The minimum atomic E-state index is -1.61. The lowest BCUT2D eigenvalue weighted by Crippen LogP contribution is -2.61. The van der Waals surface area contributed by atoms with E-state index < -0.39 is 67.4 Å². The number of hydrogen-bond acceptors (Lipinski definition) is 10. The molecule has 0 radical (unpaired) electrons. The third-order valence-corrected chi connectivity index (χ3v) is 16.1. The van der Waals surface area contributed by atoms with Gasteiger partial charge in [0.05, 0.1) is 25.4 Å². The number of hydrogen-bond donors (Lipinski definition) is 6. The van der Waals surface area contributed by atoms with Gasteiger partial charge < -0.3 is 45.1 Å². The molecule has 0 aromatic carbocycles. The summed E-state index contributed by atoms with van der Waals surface area (Å²) < 4.78 is 17.6. The van der Waals surface area contributed by atoms with E-state index >= 15 is 0 Å². The van der Waals surface area contributed by atoms with Crippen LogP contribution in [-0.2, 0) is 23.8 Å². The average Bonchev–Trinajstić information content (AvgIpc) is 3.45. The Balaban J connectivity index is 2.49. The van der Waals surface area contributed by atoms with Crippen LogP contribution in [0.1, 0.15) is 329 Å². The number of unbranched alkanes of at least 4 members (excludes halogenated alkanes) is 42. The van der Waals surface area contributed by atoms with Gasteiger partial charge in [-0.1, -0.05) is 295 Å². The molecule has 8 atom stereocenters. The third kappa shape index (κ3) is 42.9. The van der Waals surface area contributed by atoms with Crippen molar-refractivity contribution in [2.24, 2.45) is 0 Å². The molecule has 0 spiro atoms. The zero-order valence-corrected chi connectivity index (χ0v) is 51.1.